The van der Waals surface area contributed by atoms with E-state index >= 15 is 0 Å². The number of ether oxygens (including phenoxy) is 1. The summed E-state index contributed by atoms with van der Waals surface area (Å²) >= 11 is 1.87. The van der Waals surface area contributed by atoms with E-state index in [0.29, 0.717) is 11.5 Å². The molecular formula is C17H30N2OS. The Balaban J connectivity index is 2.03. The van der Waals surface area contributed by atoms with Gasteiger partial charge in [0.1, 0.15) is 0 Å². The van der Waals surface area contributed by atoms with Crippen LogP contribution < -0.4 is 5.32 Å². The predicted octanol–water partition coefficient (Wildman–Crippen LogP) is 3.36. The molecule has 0 saturated carbocycles. The summed E-state index contributed by atoms with van der Waals surface area (Å²) in [6, 6.07) is 4.98. The highest BCUT2D eigenvalue weighted by molar-refractivity contribution is 7.09. The van der Waals surface area contributed by atoms with Gasteiger partial charge < -0.3 is 10.1 Å². The van der Waals surface area contributed by atoms with Crippen LogP contribution in [0.3, 0.4) is 0 Å². The Bertz CT molecular complexity index is 386. The molecule has 0 amide bonds. The maximum atomic E-state index is 5.61. The van der Waals surface area contributed by atoms with E-state index in [-0.39, 0.29) is 0 Å². The van der Waals surface area contributed by atoms with E-state index in [2.05, 4.69) is 48.5 Å². The van der Waals surface area contributed by atoms with Gasteiger partial charge in [-0.15, -0.1) is 11.3 Å². The van der Waals surface area contributed by atoms with Crippen molar-refractivity contribution in [2.45, 2.75) is 46.2 Å². The molecule has 1 saturated heterocycles. The zero-order valence-electron chi connectivity index (χ0n) is 13.7. The monoisotopic (exact) mass is 310 g/mol. The number of nitrogens with zero attached hydrogens (tertiary/aromatic N) is 1. The molecule has 1 aromatic heterocycles. The second-order valence-electron chi connectivity index (χ2n) is 6.47. The summed E-state index contributed by atoms with van der Waals surface area (Å²) in [4.78, 5) is 4.10. The normalized spacial score (nSPS) is 18.5. The highest BCUT2D eigenvalue weighted by Crippen LogP contribution is 2.32. The predicted molar refractivity (Wildman–Crippen MR) is 90.9 cm³/mol. The lowest BCUT2D eigenvalue weighted by Crippen LogP contribution is -2.48. The molecule has 0 aliphatic carbocycles. The average molecular weight is 311 g/mol. The first kappa shape index (κ1) is 16.9. The highest BCUT2D eigenvalue weighted by Gasteiger charge is 2.34. The molecule has 0 unspecified atom stereocenters. The molecule has 21 heavy (non-hydrogen) atoms. The second-order valence-corrected chi connectivity index (χ2v) is 7.50. The van der Waals surface area contributed by atoms with Crippen molar-refractivity contribution in [1.82, 2.24) is 10.2 Å². The Morgan fingerprint density at radius 3 is 2.71 bits per heavy atom. The van der Waals surface area contributed by atoms with Crippen molar-refractivity contribution in [1.29, 1.82) is 0 Å². The Labute approximate surface area is 133 Å². The zero-order valence-corrected chi connectivity index (χ0v) is 14.5. The first-order valence-corrected chi connectivity index (χ1v) is 9.08. The molecule has 0 spiro atoms. The van der Waals surface area contributed by atoms with Gasteiger partial charge in [-0.2, -0.15) is 0 Å². The summed E-state index contributed by atoms with van der Waals surface area (Å²) in [6.07, 6.45) is 2.35. The van der Waals surface area contributed by atoms with E-state index in [4.69, 9.17) is 4.74 Å². The molecule has 0 bridgehead atoms. The summed E-state index contributed by atoms with van der Waals surface area (Å²) in [7, 11) is 0. The lowest BCUT2D eigenvalue weighted by molar-refractivity contribution is -0.0108. The molecule has 1 N–H and O–H groups in total. The molecule has 1 aliphatic rings. The second kappa shape index (κ2) is 8.28. The molecule has 1 fully saturated rings. The first-order valence-electron chi connectivity index (χ1n) is 8.20. The van der Waals surface area contributed by atoms with Crippen molar-refractivity contribution in [3.8, 4) is 0 Å². The van der Waals surface area contributed by atoms with Gasteiger partial charge in [0.2, 0.25) is 0 Å². The van der Waals surface area contributed by atoms with Gasteiger partial charge in [0.15, 0.2) is 0 Å². The number of hydrogen-bond donors (Lipinski definition) is 1. The maximum absolute atomic E-state index is 5.61. The fourth-order valence-electron chi connectivity index (χ4n) is 3.04. The van der Waals surface area contributed by atoms with Crippen molar-refractivity contribution in [3.05, 3.63) is 22.4 Å². The fraction of sp³-hybridized carbons (Fsp3) is 0.765. The SMILES string of the molecule is CCNCC1(CN(Cc2cccs2)C(C)C)CCOCC1. The number of hydrogen-bond acceptors (Lipinski definition) is 4. The minimum atomic E-state index is 0.371. The van der Waals surface area contributed by atoms with Gasteiger partial charge in [0.05, 0.1) is 0 Å². The van der Waals surface area contributed by atoms with Crippen LogP contribution in [0.1, 0.15) is 38.5 Å². The van der Waals surface area contributed by atoms with Crippen molar-refractivity contribution >= 4 is 11.3 Å². The van der Waals surface area contributed by atoms with Crippen molar-refractivity contribution in [2.24, 2.45) is 5.41 Å². The van der Waals surface area contributed by atoms with Crippen LogP contribution in [-0.4, -0.2) is 43.8 Å². The first-order chi connectivity index (χ1) is 10.2. The molecule has 3 nitrogen and oxygen atoms in total. The van der Waals surface area contributed by atoms with Gasteiger partial charge in [0, 0.05) is 43.8 Å². The molecule has 4 heteroatoms. The highest BCUT2D eigenvalue weighted by atomic mass is 32.1. The molecule has 2 heterocycles. The summed E-state index contributed by atoms with van der Waals surface area (Å²) in [6.45, 7) is 13.0. The van der Waals surface area contributed by atoms with Gasteiger partial charge in [-0.25, -0.2) is 0 Å². The standard InChI is InChI=1S/C17H30N2OS/c1-4-18-13-17(7-9-20-10-8-17)14-19(15(2)3)12-16-6-5-11-21-16/h5-6,11,15,18H,4,7-10,12-14H2,1-3H3. The molecule has 2 rings (SSSR count). The molecular weight excluding hydrogens is 280 g/mol. The molecule has 1 aromatic rings. The van der Waals surface area contributed by atoms with E-state index in [1.165, 1.54) is 24.3 Å². The lowest BCUT2D eigenvalue weighted by Gasteiger charge is -2.42. The van der Waals surface area contributed by atoms with Crippen LogP contribution in [-0.2, 0) is 11.3 Å². The van der Waals surface area contributed by atoms with Crippen LogP contribution in [0.5, 0.6) is 0 Å². The molecule has 0 atom stereocenters. The molecule has 1 aliphatic heterocycles. The van der Waals surface area contributed by atoms with Crippen LogP contribution in [0.25, 0.3) is 0 Å². The number of thiophene rings is 1. The summed E-state index contributed by atoms with van der Waals surface area (Å²) < 4.78 is 5.61. The Morgan fingerprint density at radius 2 is 2.14 bits per heavy atom. The van der Waals surface area contributed by atoms with E-state index in [1.807, 2.05) is 11.3 Å². The van der Waals surface area contributed by atoms with Crippen LogP contribution in [0, 0.1) is 5.41 Å². The summed E-state index contributed by atoms with van der Waals surface area (Å²) in [5, 5.41) is 5.76. The Hall–Kier alpha value is -0.420. The van der Waals surface area contributed by atoms with Gasteiger partial charge in [0.25, 0.3) is 0 Å². The third-order valence-electron chi connectivity index (χ3n) is 4.51. The van der Waals surface area contributed by atoms with Gasteiger partial charge in [-0.3, -0.25) is 4.90 Å². The number of rotatable bonds is 8. The Morgan fingerprint density at radius 1 is 1.38 bits per heavy atom. The van der Waals surface area contributed by atoms with Gasteiger partial charge in [-0.1, -0.05) is 13.0 Å². The zero-order chi connectivity index (χ0) is 15.1. The van der Waals surface area contributed by atoms with Gasteiger partial charge >= 0.3 is 0 Å². The van der Waals surface area contributed by atoms with E-state index in [0.717, 1.165) is 32.8 Å². The number of nitrogens with one attached hydrogen (secondary N) is 1. The smallest absolute Gasteiger partial charge is 0.0472 e. The maximum Gasteiger partial charge on any atom is 0.0472 e. The minimum absolute atomic E-state index is 0.371. The Kier molecular flexibility index (Phi) is 6.68. The van der Waals surface area contributed by atoms with Crippen LogP contribution in [0.2, 0.25) is 0 Å². The third kappa shape index (κ3) is 5.06. The average Bonchev–Trinajstić information content (AvgIpc) is 2.98. The topological polar surface area (TPSA) is 24.5 Å². The molecule has 120 valence electrons. The largest absolute Gasteiger partial charge is 0.381 e. The van der Waals surface area contributed by atoms with E-state index in [9.17, 15) is 0 Å². The minimum Gasteiger partial charge on any atom is -0.381 e. The van der Waals surface area contributed by atoms with E-state index < -0.39 is 0 Å². The van der Waals surface area contributed by atoms with Crippen LogP contribution >= 0.6 is 11.3 Å². The summed E-state index contributed by atoms with van der Waals surface area (Å²) in [5.74, 6) is 0. The van der Waals surface area contributed by atoms with Crippen molar-refractivity contribution in [3.63, 3.8) is 0 Å². The van der Waals surface area contributed by atoms with E-state index in [1.54, 1.807) is 0 Å². The van der Waals surface area contributed by atoms with Crippen molar-refractivity contribution < 1.29 is 4.74 Å². The van der Waals surface area contributed by atoms with Crippen LogP contribution in [0.4, 0.5) is 0 Å². The third-order valence-corrected chi connectivity index (χ3v) is 5.37. The van der Waals surface area contributed by atoms with Crippen LogP contribution in [0.15, 0.2) is 17.5 Å². The summed E-state index contributed by atoms with van der Waals surface area (Å²) in [5.41, 5.74) is 0.371. The molecule has 0 aromatic carbocycles. The fourth-order valence-corrected chi connectivity index (χ4v) is 3.77. The quantitative estimate of drug-likeness (QED) is 0.797. The lowest BCUT2D eigenvalue weighted by atomic mass is 9.79. The molecule has 0 radical (unpaired) electrons. The van der Waals surface area contributed by atoms with Gasteiger partial charge in [-0.05, 0) is 50.1 Å². The van der Waals surface area contributed by atoms with Crippen molar-refractivity contribution in [2.75, 3.05) is 32.8 Å².